The average Bonchev–Trinajstić information content (AvgIpc) is 3.32. The van der Waals surface area contributed by atoms with Crippen molar-refractivity contribution in [2.45, 2.75) is 39.5 Å². The van der Waals surface area contributed by atoms with Crippen molar-refractivity contribution in [2.24, 2.45) is 16.9 Å². The molecule has 0 bridgehead atoms. The molecular formula is C22H26N2O. The second-order valence-corrected chi connectivity index (χ2v) is 7.46. The van der Waals surface area contributed by atoms with Crippen LogP contribution in [-0.2, 0) is 10.2 Å². The molecule has 1 atom stereocenters. The minimum absolute atomic E-state index is 0.00181. The molecule has 3 rings (SSSR count). The largest absolute Gasteiger partial charge is 0.273 e. The Kier molecular flexibility index (Phi) is 4.76. The predicted octanol–water partition coefficient (Wildman–Crippen LogP) is 4.37. The van der Waals surface area contributed by atoms with Crippen molar-refractivity contribution in [1.29, 1.82) is 0 Å². The highest BCUT2D eigenvalue weighted by Crippen LogP contribution is 2.59. The van der Waals surface area contributed by atoms with Gasteiger partial charge in [-0.15, -0.1) is 0 Å². The fraction of sp³-hybridized carbons (Fsp3) is 0.364. The summed E-state index contributed by atoms with van der Waals surface area (Å²) < 4.78 is 0. The Labute approximate surface area is 150 Å². The molecule has 1 N–H and O–H groups in total. The molecule has 2 aromatic rings. The van der Waals surface area contributed by atoms with E-state index in [0.717, 1.165) is 6.42 Å². The zero-order valence-corrected chi connectivity index (χ0v) is 15.4. The van der Waals surface area contributed by atoms with E-state index >= 15 is 0 Å². The molecule has 0 spiro atoms. The number of carbonyl (C=O) groups is 1. The molecule has 0 unspecified atom stereocenters. The molecule has 130 valence electrons. The van der Waals surface area contributed by atoms with Crippen LogP contribution in [-0.4, -0.2) is 12.1 Å². The van der Waals surface area contributed by atoms with Crippen LogP contribution in [0.1, 0.15) is 42.5 Å². The Morgan fingerprint density at radius 2 is 1.52 bits per heavy atom. The van der Waals surface area contributed by atoms with E-state index in [0.29, 0.717) is 5.92 Å². The Morgan fingerprint density at radius 1 is 1.04 bits per heavy atom. The molecule has 0 heterocycles. The summed E-state index contributed by atoms with van der Waals surface area (Å²) in [7, 11) is 0. The first-order valence-corrected chi connectivity index (χ1v) is 8.91. The van der Waals surface area contributed by atoms with Crippen LogP contribution in [0.25, 0.3) is 0 Å². The Hall–Kier alpha value is -2.42. The fourth-order valence-corrected chi connectivity index (χ4v) is 3.41. The van der Waals surface area contributed by atoms with Gasteiger partial charge in [0, 0.05) is 11.6 Å². The number of aryl methyl sites for hydroxylation is 2. The lowest BCUT2D eigenvalue weighted by molar-refractivity contribution is -0.122. The van der Waals surface area contributed by atoms with E-state index in [9.17, 15) is 4.79 Å². The molecule has 2 aromatic carbocycles. The highest BCUT2D eigenvalue weighted by molar-refractivity contribution is 5.86. The molecule has 1 aliphatic rings. The van der Waals surface area contributed by atoms with Crippen LogP contribution in [0.3, 0.4) is 0 Å². The molecule has 3 heteroatoms. The third-order valence-corrected chi connectivity index (χ3v) is 4.96. The quantitative estimate of drug-likeness (QED) is 0.640. The molecule has 3 nitrogen and oxygen atoms in total. The number of nitrogens with zero attached hydrogens (tertiary/aromatic N) is 1. The van der Waals surface area contributed by atoms with Crippen molar-refractivity contribution in [3.63, 3.8) is 0 Å². The van der Waals surface area contributed by atoms with Crippen molar-refractivity contribution in [3.8, 4) is 0 Å². The van der Waals surface area contributed by atoms with E-state index in [2.05, 4.69) is 72.9 Å². The minimum Gasteiger partial charge on any atom is -0.273 e. The number of hydrogen-bond donors (Lipinski definition) is 1. The van der Waals surface area contributed by atoms with Crippen LogP contribution < -0.4 is 5.43 Å². The molecule has 1 saturated carbocycles. The third kappa shape index (κ3) is 3.51. The van der Waals surface area contributed by atoms with E-state index < -0.39 is 0 Å². The van der Waals surface area contributed by atoms with Gasteiger partial charge in [0.1, 0.15) is 0 Å². The van der Waals surface area contributed by atoms with Gasteiger partial charge in [-0.25, -0.2) is 5.43 Å². The van der Waals surface area contributed by atoms with E-state index in [1.807, 2.05) is 13.8 Å². The number of carbonyl (C=O) groups excluding carboxylic acids is 1. The number of hydrogen-bond acceptors (Lipinski definition) is 2. The summed E-state index contributed by atoms with van der Waals surface area (Å²) in [5.74, 6) is 0.235. The van der Waals surface area contributed by atoms with Crippen LogP contribution in [0, 0.1) is 25.7 Å². The van der Waals surface area contributed by atoms with Gasteiger partial charge < -0.3 is 0 Å². The van der Waals surface area contributed by atoms with Crippen molar-refractivity contribution in [1.82, 2.24) is 5.43 Å². The van der Waals surface area contributed by atoms with Gasteiger partial charge >= 0.3 is 0 Å². The predicted molar refractivity (Wildman–Crippen MR) is 103 cm³/mol. The molecular weight excluding hydrogens is 308 g/mol. The normalized spacial score (nSPS) is 18.5. The third-order valence-electron chi connectivity index (χ3n) is 4.96. The standard InChI is InChI=1S/C22H26N2O/c1-15(2)14-23-24-21(25)20-13-22(20,18-9-5-16(3)6-10-18)19-11-7-17(4)8-12-19/h5-12,14-15,20H,13H2,1-4H3,(H,24,25)/b23-14-/t20-/m1/s1. The van der Waals surface area contributed by atoms with Crippen molar-refractivity contribution in [3.05, 3.63) is 70.8 Å². The lowest BCUT2D eigenvalue weighted by Gasteiger charge is -2.19. The Bertz CT molecular complexity index is 727. The highest BCUT2D eigenvalue weighted by atomic mass is 16.2. The minimum atomic E-state index is -0.237. The molecule has 1 aliphatic carbocycles. The Morgan fingerprint density at radius 3 is 1.96 bits per heavy atom. The van der Waals surface area contributed by atoms with Crippen LogP contribution in [0.5, 0.6) is 0 Å². The van der Waals surface area contributed by atoms with Crippen LogP contribution >= 0.6 is 0 Å². The maximum absolute atomic E-state index is 12.7. The van der Waals surface area contributed by atoms with Crippen molar-refractivity contribution < 1.29 is 4.79 Å². The number of amides is 1. The second-order valence-electron chi connectivity index (χ2n) is 7.46. The van der Waals surface area contributed by atoms with Gasteiger partial charge in [-0.3, -0.25) is 4.79 Å². The van der Waals surface area contributed by atoms with E-state index in [1.54, 1.807) is 6.21 Å². The first-order chi connectivity index (χ1) is 11.9. The van der Waals surface area contributed by atoms with Gasteiger partial charge in [0.05, 0.1) is 5.92 Å². The van der Waals surface area contributed by atoms with Crippen LogP contribution in [0.2, 0.25) is 0 Å². The molecule has 1 amide bonds. The summed E-state index contributed by atoms with van der Waals surface area (Å²) in [6, 6.07) is 17.1. The molecule has 1 fully saturated rings. The maximum Gasteiger partial charge on any atom is 0.244 e. The average molecular weight is 334 g/mol. The van der Waals surface area contributed by atoms with Gasteiger partial charge in [0.15, 0.2) is 0 Å². The molecule has 0 radical (unpaired) electrons. The smallest absolute Gasteiger partial charge is 0.244 e. The van der Waals surface area contributed by atoms with Gasteiger partial charge in [-0.05, 0) is 37.3 Å². The summed E-state index contributed by atoms with van der Waals surface area (Å²) in [5.41, 5.74) is 7.35. The summed E-state index contributed by atoms with van der Waals surface area (Å²) in [6.07, 6.45) is 2.59. The number of rotatable bonds is 5. The number of nitrogens with one attached hydrogen (secondary N) is 1. The fourth-order valence-electron chi connectivity index (χ4n) is 3.41. The first-order valence-electron chi connectivity index (χ1n) is 8.91. The zero-order chi connectivity index (χ0) is 18.0. The zero-order valence-electron chi connectivity index (χ0n) is 15.4. The van der Waals surface area contributed by atoms with E-state index in [1.165, 1.54) is 22.3 Å². The summed E-state index contributed by atoms with van der Waals surface area (Å²) in [5, 5.41) is 4.09. The lowest BCUT2D eigenvalue weighted by atomic mass is 9.85. The van der Waals surface area contributed by atoms with Crippen LogP contribution in [0.4, 0.5) is 0 Å². The van der Waals surface area contributed by atoms with Crippen LogP contribution in [0.15, 0.2) is 53.6 Å². The summed E-state index contributed by atoms with van der Waals surface area (Å²) in [6.45, 7) is 8.24. The number of benzene rings is 2. The summed E-state index contributed by atoms with van der Waals surface area (Å²) >= 11 is 0. The molecule has 0 aromatic heterocycles. The van der Waals surface area contributed by atoms with Gasteiger partial charge in [0.2, 0.25) is 5.91 Å². The first kappa shape index (κ1) is 17.4. The van der Waals surface area contributed by atoms with Crippen molar-refractivity contribution >= 4 is 12.1 Å². The van der Waals surface area contributed by atoms with Gasteiger partial charge in [-0.1, -0.05) is 73.5 Å². The summed E-state index contributed by atoms with van der Waals surface area (Å²) in [4.78, 5) is 12.7. The van der Waals surface area contributed by atoms with Gasteiger partial charge in [-0.2, -0.15) is 5.10 Å². The lowest BCUT2D eigenvalue weighted by Crippen LogP contribution is -2.25. The molecule has 25 heavy (non-hydrogen) atoms. The topological polar surface area (TPSA) is 41.5 Å². The second kappa shape index (κ2) is 6.83. The molecule has 0 aliphatic heterocycles. The maximum atomic E-state index is 12.7. The van der Waals surface area contributed by atoms with E-state index in [-0.39, 0.29) is 17.2 Å². The van der Waals surface area contributed by atoms with Gasteiger partial charge in [0.25, 0.3) is 0 Å². The SMILES string of the molecule is Cc1ccc(C2(c3ccc(C)cc3)C[C@@H]2C(=O)N/N=C\C(C)C)cc1. The molecule has 0 saturated heterocycles. The van der Waals surface area contributed by atoms with Crippen molar-refractivity contribution in [2.75, 3.05) is 0 Å². The monoisotopic (exact) mass is 334 g/mol. The number of hydrazone groups is 1. The highest BCUT2D eigenvalue weighted by Gasteiger charge is 2.60. The Balaban J connectivity index is 1.91. The van der Waals surface area contributed by atoms with E-state index in [4.69, 9.17) is 0 Å².